The zero-order valence-electron chi connectivity index (χ0n) is 16.3. The first-order valence-electron chi connectivity index (χ1n) is 9.97. The Hall–Kier alpha value is -3.25. The SMILES string of the molecule is O=C(NC1CCN(Cc2ccccc2)CC1)c1cccc(Nc2ncccn2)c1. The Morgan fingerprint density at radius 2 is 1.72 bits per heavy atom. The molecule has 2 N–H and O–H groups in total. The molecule has 4 rings (SSSR count). The average Bonchev–Trinajstić information content (AvgIpc) is 2.77. The molecule has 148 valence electrons. The predicted octanol–water partition coefficient (Wildman–Crippen LogP) is 3.61. The summed E-state index contributed by atoms with van der Waals surface area (Å²) in [5.41, 5.74) is 2.76. The summed E-state index contributed by atoms with van der Waals surface area (Å²) in [7, 11) is 0. The van der Waals surface area contributed by atoms with Gasteiger partial charge >= 0.3 is 0 Å². The van der Waals surface area contributed by atoms with Crippen LogP contribution in [0.15, 0.2) is 73.1 Å². The number of hydrogen-bond acceptors (Lipinski definition) is 5. The Morgan fingerprint density at radius 3 is 2.48 bits per heavy atom. The van der Waals surface area contributed by atoms with E-state index in [1.807, 2.05) is 30.3 Å². The van der Waals surface area contributed by atoms with Crippen LogP contribution in [-0.2, 0) is 6.54 Å². The minimum atomic E-state index is -0.0378. The molecule has 1 aliphatic heterocycles. The van der Waals surface area contributed by atoms with Gasteiger partial charge in [-0.3, -0.25) is 9.69 Å². The van der Waals surface area contributed by atoms with Gasteiger partial charge in [0.1, 0.15) is 0 Å². The lowest BCUT2D eigenvalue weighted by Crippen LogP contribution is -2.44. The van der Waals surface area contributed by atoms with Crippen molar-refractivity contribution in [3.63, 3.8) is 0 Å². The molecule has 0 unspecified atom stereocenters. The Morgan fingerprint density at radius 1 is 0.966 bits per heavy atom. The lowest BCUT2D eigenvalue weighted by Gasteiger charge is -2.32. The number of carbonyl (C=O) groups excluding carboxylic acids is 1. The molecule has 1 aromatic heterocycles. The van der Waals surface area contributed by atoms with E-state index in [1.54, 1.807) is 18.5 Å². The van der Waals surface area contributed by atoms with Gasteiger partial charge < -0.3 is 10.6 Å². The van der Waals surface area contributed by atoms with Crippen molar-refractivity contribution in [2.24, 2.45) is 0 Å². The van der Waals surface area contributed by atoms with E-state index in [2.05, 4.69) is 49.8 Å². The Labute approximate surface area is 171 Å². The number of amides is 1. The van der Waals surface area contributed by atoms with Crippen molar-refractivity contribution >= 4 is 17.5 Å². The van der Waals surface area contributed by atoms with Gasteiger partial charge in [0.25, 0.3) is 5.91 Å². The number of benzene rings is 2. The second kappa shape index (κ2) is 9.30. The van der Waals surface area contributed by atoms with Crippen molar-refractivity contribution in [3.8, 4) is 0 Å². The summed E-state index contributed by atoms with van der Waals surface area (Å²) in [6.45, 7) is 2.95. The molecule has 0 saturated carbocycles. The van der Waals surface area contributed by atoms with Gasteiger partial charge in [0.05, 0.1) is 0 Å². The zero-order valence-corrected chi connectivity index (χ0v) is 16.3. The summed E-state index contributed by atoms with van der Waals surface area (Å²) in [4.78, 5) is 23.5. The molecule has 29 heavy (non-hydrogen) atoms. The van der Waals surface area contributed by atoms with Crippen LogP contribution < -0.4 is 10.6 Å². The van der Waals surface area contributed by atoms with E-state index < -0.39 is 0 Å². The highest BCUT2D eigenvalue weighted by Crippen LogP contribution is 2.17. The van der Waals surface area contributed by atoms with Gasteiger partial charge in [0.2, 0.25) is 5.95 Å². The number of piperidine rings is 1. The van der Waals surface area contributed by atoms with Crippen LogP contribution in [0.2, 0.25) is 0 Å². The monoisotopic (exact) mass is 387 g/mol. The van der Waals surface area contributed by atoms with Crippen LogP contribution in [0, 0.1) is 0 Å². The summed E-state index contributed by atoms with van der Waals surface area (Å²) >= 11 is 0. The van der Waals surface area contributed by atoms with Gasteiger partial charge in [-0.05, 0) is 42.7 Å². The van der Waals surface area contributed by atoms with Crippen LogP contribution in [0.25, 0.3) is 0 Å². The van der Waals surface area contributed by atoms with Gasteiger partial charge in [-0.2, -0.15) is 0 Å². The molecule has 2 heterocycles. The fraction of sp³-hybridized carbons (Fsp3) is 0.261. The molecule has 6 heteroatoms. The van der Waals surface area contributed by atoms with Gasteiger partial charge in [-0.1, -0.05) is 36.4 Å². The molecular formula is C23H25N5O. The van der Waals surface area contributed by atoms with E-state index >= 15 is 0 Å². The van der Waals surface area contributed by atoms with E-state index in [1.165, 1.54) is 5.56 Å². The minimum Gasteiger partial charge on any atom is -0.349 e. The lowest BCUT2D eigenvalue weighted by atomic mass is 10.0. The third-order valence-corrected chi connectivity index (χ3v) is 5.12. The molecule has 1 amide bonds. The molecule has 3 aromatic rings. The number of aromatic nitrogens is 2. The first-order valence-corrected chi connectivity index (χ1v) is 9.97. The van der Waals surface area contributed by atoms with Crippen LogP contribution >= 0.6 is 0 Å². The van der Waals surface area contributed by atoms with Gasteiger partial charge in [0, 0.05) is 49.3 Å². The van der Waals surface area contributed by atoms with Crippen LogP contribution in [-0.4, -0.2) is 39.9 Å². The van der Waals surface area contributed by atoms with Crippen LogP contribution in [0.3, 0.4) is 0 Å². The largest absolute Gasteiger partial charge is 0.349 e. The van der Waals surface area contributed by atoms with E-state index in [4.69, 9.17) is 0 Å². The highest BCUT2D eigenvalue weighted by molar-refractivity contribution is 5.95. The Balaban J connectivity index is 1.29. The summed E-state index contributed by atoms with van der Waals surface area (Å²) in [6.07, 6.45) is 5.29. The minimum absolute atomic E-state index is 0.0378. The van der Waals surface area contributed by atoms with Crippen LogP contribution in [0.4, 0.5) is 11.6 Å². The summed E-state index contributed by atoms with van der Waals surface area (Å²) in [5, 5.41) is 6.31. The van der Waals surface area contributed by atoms with Crippen LogP contribution in [0.1, 0.15) is 28.8 Å². The normalized spacial score (nSPS) is 15.0. The second-order valence-corrected chi connectivity index (χ2v) is 7.29. The average molecular weight is 387 g/mol. The lowest BCUT2D eigenvalue weighted by molar-refractivity contribution is 0.0909. The maximum atomic E-state index is 12.7. The van der Waals surface area contributed by atoms with Crippen molar-refractivity contribution in [2.45, 2.75) is 25.4 Å². The molecular weight excluding hydrogens is 362 g/mol. The number of rotatable bonds is 6. The first kappa shape index (κ1) is 19.1. The molecule has 1 fully saturated rings. The smallest absolute Gasteiger partial charge is 0.251 e. The van der Waals surface area contributed by atoms with Gasteiger partial charge in [-0.15, -0.1) is 0 Å². The molecule has 0 atom stereocenters. The molecule has 0 radical (unpaired) electrons. The zero-order chi connectivity index (χ0) is 19.9. The number of carbonyl (C=O) groups is 1. The van der Waals surface area contributed by atoms with Crippen molar-refractivity contribution < 1.29 is 4.79 Å². The molecule has 1 saturated heterocycles. The number of likely N-dealkylation sites (tertiary alicyclic amines) is 1. The quantitative estimate of drug-likeness (QED) is 0.676. The first-order chi connectivity index (χ1) is 14.3. The van der Waals surface area contributed by atoms with Crippen LogP contribution in [0.5, 0.6) is 0 Å². The van der Waals surface area contributed by atoms with E-state index in [0.29, 0.717) is 11.5 Å². The second-order valence-electron chi connectivity index (χ2n) is 7.29. The molecule has 6 nitrogen and oxygen atoms in total. The molecule has 2 aromatic carbocycles. The number of anilines is 2. The highest BCUT2D eigenvalue weighted by Gasteiger charge is 2.21. The fourth-order valence-electron chi connectivity index (χ4n) is 3.58. The topological polar surface area (TPSA) is 70.2 Å². The van der Waals surface area contributed by atoms with Crippen molar-refractivity contribution in [3.05, 3.63) is 84.2 Å². The number of nitrogens with one attached hydrogen (secondary N) is 2. The van der Waals surface area contributed by atoms with E-state index in [9.17, 15) is 4.79 Å². The van der Waals surface area contributed by atoms with Gasteiger partial charge in [-0.25, -0.2) is 9.97 Å². The Kier molecular flexibility index (Phi) is 6.12. The fourth-order valence-corrected chi connectivity index (χ4v) is 3.58. The van der Waals surface area contributed by atoms with Crippen molar-refractivity contribution in [1.82, 2.24) is 20.2 Å². The summed E-state index contributed by atoms with van der Waals surface area (Å²) in [6, 6.07) is 19.9. The molecule has 1 aliphatic rings. The third kappa shape index (κ3) is 5.39. The Bertz CT molecular complexity index is 924. The molecule has 0 aliphatic carbocycles. The summed E-state index contributed by atoms with van der Waals surface area (Å²) < 4.78 is 0. The van der Waals surface area contributed by atoms with Crippen molar-refractivity contribution in [2.75, 3.05) is 18.4 Å². The number of nitrogens with zero attached hydrogens (tertiary/aromatic N) is 3. The van der Waals surface area contributed by atoms with Crippen molar-refractivity contribution in [1.29, 1.82) is 0 Å². The number of hydrogen-bond donors (Lipinski definition) is 2. The highest BCUT2D eigenvalue weighted by atomic mass is 16.1. The predicted molar refractivity (Wildman–Crippen MR) is 114 cm³/mol. The maximum absolute atomic E-state index is 12.7. The maximum Gasteiger partial charge on any atom is 0.251 e. The van der Waals surface area contributed by atoms with E-state index in [0.717, 1.165) is 38.2 Å². The molecule has 0 spiro atoms. The van der Waals surface area contributed by atoms with E-state index in [-0.39, 0.29) is 11.9 Å². The van der Waals surface area contributed by atoms with Gasteiger partial charge in [0.15, 0.2) is 0 Å². The third-order valence-electron chi connectivity index (χ3n) is 5.12. The standard InChI is InChI=1S/C23H25N5O/c29-22(19-8-4-9-21(16-19)27-23-24-12-5-13-25-23)26-20-10-14-28(15-11-20)17-18-6-2-1-3-7-18/h1-9,12-13,16,20H,10-11,14-15,17H2,(H,26,29)(H,24,25,27). The molecule has 0 bridgehead atoms. The summed E-state index contributed by atoms with van der Waals surface area (Å²) in [5.74, 6) is 0.472.